The molecule has 0 N–H and O–H groups in total. The number of carbonyl (C=O) groups excluding carboxylic acids is 1. The molecule has 0 radical (unpaired) electrons. The maximum Gasteiger partial charge on any atom is 0.264 e. The van der Waals surface area contributed by atoms with E-state index in [1.54, 1.807) is 46.0 Å². The highest BCUT2D eigenvalue weighted by Crippen LogP contribution is 2.31. The van der Waals surface area contributed by atoms with E-state index in [2.05, 4.69) is 5.10 Å². The molecule has 1 fully saturated rings. The van der Waals surface area contributed by atoms with Crippen LogP contribution in [0, 0.1) is 19.7 Å². The lowest BCUT2D eigenvalue weighted by Crippen LogP contribution is -2.50. The van der Waals surface area contributed by atoms with Gasteiger partial charge < -0.3 is 4.90 Å². The van der Waals surface area contributed by atoms with Crippen LogP contribution in [0.25, 0.3) is 15.9 Å². The minimum Gasteiger partial charge on any atom is -0.335 e. The Hall–Kier alpha value is -3.08. The molecular weight excluding hydrogens is 475 g/mol. The van der Waals surface area contributed by atoms with Crippen molar-refractivity contribution in [2.75, 3.05) is 26.2 Å². The highest BCUT2D eigenvalue weighted by Gasteiger charge is 2.31. The van der Waals surface area contributed by atoms with E-state index in [4.69, 9.17) is 0 Å². The lowest BCUT2D eigenvalue weighted by molar-refractivity contribution is 0.0703. The molecule has 3 heterocycles. The molecule has 1 amide bonds. The Morgan fingerprint density at radius 3 is 2.26 bits per heavy atom. The molecule has 0 unspecified atom stereocenters. The maximum absolute atomic E-state index is 13.3. The standard InChI is InChI=1S/C24H23FN4O3S2/c1-16-3-9-20(10-4-16)34(31,32)28-13-11-27(12-14-28)23(30)22-15-21-17(2)26-29(24(21)33-22)19-7-5-18(25)6-8-19/h3-10,15H,11-14H2,1-2H3. The van der Waals surface area contributed by atoms with Gasteiger partial charge in [-0.15, -0.1) is 11.3 Å². The third-order valence-electron chi connectivity index (χ3n) is 6.01. The minimum absolute atomic E-state index is 0.126. The first-order chi connectivity index (χ1) is 16.2. The van der Waals surface area contributed by atoms with Crippen molar-refractivity contribution in [2.24, 2.45) is 0 Å². The summed E-state index contributed by atoms with van der Waals surface area (Å²) in [6.07, 6.45) is 0. The Bertz CT molecular complexity index is 1470. The van der Waals surface area contributed by atoms with E-state index < -0.39 is 10.0 Å². The number of benzene rings is 2. The van der Waals surface area contributed by atoms with Crippen LogP contribution in [0.1, 0.15) is 20.9 Å². The number of rotatable bonds is 4. The largest absolute Gasteiger partial charge is 0.335 e. The average Bonchev–Trinajstić information content (AvgIpc) is 3.40. The summed E-state index contributed by atoms with van der Waals surface area (Å²) >= 11 is 1.33. The molecule has 34 heavy (non-hydrogen) atoms. The lowest BCUT2D eigenvalue weighted by Gasteiger charge is -2.33. The summed E-state index contributed by atoms with van der Waals surface area (Å²) in [5.74, 6) is -0.451. The van der Waals surface area contributed by atoms with Crippen molar-refractivity contribution in [3.05, 3.63) is 76.5 Å². The Morgan fingerprint density at radius 1 is 0.971 bits per heavy atom. The molecule has 1 saturated heterocycles. The van der Waals surface area contributed by atoms with Crippen LogP contribution in [-0.2, 0) is 10.0 Å². The quantitative estimate of drug-likeness (QED) is 0.426. The molecule has 4 aromatic rings. The number of piperazine rings is 1. The van der Waals surface area contributed by atoms with Crippen molar-refractivity contribution < 1.29 is 17.6 Å². The van der Waals surface area contributed by atoms with Gasteiger partial charge in [-0.05, 0) is 56.3 Å². The molecule has 0 spiro atoms. The van der Waals surface area contributed by atoms with Crippen molar-refractivity contribution >= 4 is 37.5 Å². The van der Waals surface area contributed by atoms with E-state index >= 15 is 0 Å². The second-order valence-corrected chi connectivity index (χ2v) is 11.3. The zero-order chi connectivity index (χ0) is 24.0. The molecule has 0 aliphatic carbocycles. The summed E-state index contributed by atoms with van der Waals surface area (Å²) < 4.78 is 42.4. The summed E-state index contributed by atoms with van der Waals surface area (Å²) in [5.41, 5.74) is 2.49. The Balaban J connectivity index is 1.34. The van der Waals surface area contributed by atoms with Gasteiger partial charge in [0, 0.05) is 31.6 Å². The second-order valence-electron chi connectivity index (χ2n) is 8.31. The highest BCUT2D eigenvalue weighted by molar-refractivity contribution is 7.89. The van der Waals surface area contributed by atoms with Crippen LogP contribution < -0.4 is 0 Å². The van der Waals surface area contributed by atoms with Gasteiger partial charge in [0.2, 0.25) is 10.0 Å². The first kappa shape index (κ1) is 22.7. The number of hydrogen-bond donors (Lipinski definition) is 0. The maximum atomic E-state index is 13.3. The second kappa shape index (κ2) is 8.61. The van der Waals surface area contributed by atoms with Crippen LogP contribution in [0.2, 0.25) is 0 Å². The number of fused-ring (bicyclic) bond motifs is 1. The van der Waals surface area contributed by atoms with Gasteiger partial charge in [-0.2, -0.15) is 9.40 Å². The number of carbonyl (C=O) groups is 1. The zero-order valence-electron chi connectivity index (χ0n) is 18.7. The molecule has 1 aliphatic rings. The number of halogens is 1. The van der Waals surface area contributed by atoms with Crippen molar-refractivity contribution in [1.29, 1.82) is 0 Å². The van der Waals surface area contributed by atoms with Crippen LogP contribution >= 0.6 is 11.3 Å². The molecule has 0 saturated carbocycles. The topological polar surface area (TPSA) is 75.5 Å². The van der Waals surface area contributed by atoms with Crippen molar-refractivity contribution in [1.82, 2.24) is 19.0 Å². The smallest absolute Gasteiger partial charge is 0.264 e. The molecule has 2 aromatic carbocycles. The summed E-state index contributed by atoms with van der Waals surface area (Å²) in [5, 5.41) is 5.41. The number of aromatic nitrogens is 2. The molecule has 7 nitrogen and oxygen atoms in total. The van der Waals surface area contributed by atoms with E-state index in [1.807, 2.05) is 19.9 Å². The highest BCUT2D eigenvalue weighted by atomic mass is 32.2. The summed E-state index contributed by atoms with van der Waals surface area (Å²) in [6.45, 7) is 4.92. The van der Waals surface area contributed by atoms with Crippen LogP contribution in [0.4, 0.5) is 4.39 Å². The third-order valence-corrected chi connectivity index (χ3v) is 9.02. The third kappa shape index (κ3) is 4.02. The van der Waals surface area contributed by atoms with E-state index in [9.17, 15) is 17.6 Å². The molecule has 10 heteroatoms. The van der Waals surface area contributed by atoms with E-state index in [1.165, 1.54) is 27.8 Å². The predicted octanol–water partition coefficient (Wildman–Crippen LogP) is 3.99. The van der Waals surface area contributed by atoms with Gasteiger partial charge in [-0.25, -0.2) is 17.5 Å². The number of nitrogens with zero attached hydrogens (tertiary/aromatic N) is 4. The summed E-state index contributed by atoms with van der Waals surface area (Å²) in [7, 11) is -3.59. The van der Waals surface area contributed by atoms with Gasteiger partial charge in [0.15, 0.2) is 0 Å². The zero-order valence-corrected chi connectivity index (χ0v) is 20.4. The van der Waals surface area contributed by atoms with Crippen molar-refractivity contribution in [2.45, 2.75) is 18.7 Å². The van der Waals surface area contributed by atoms with Crippen molar-refractivity contribution in [3.8, 4) is 5.69 Å². The lowest BCUT2D eigenvalue weighted by atomic mass is 10.2. The van der Waals surface area contributed by atoms with E-state index in [0.717, 1.165) is 27.2 Å². The van der Waals surface area contributed by atoms with Gasteiger partial charge in [0.1, 0.15) is 10.6 Å². The Morgan fingerprint density at radius 2 is 1.62 bits per heavy atom. The van der Waals surface area contributed by atoms with Crippen LogP contribution in [0.3, 0.4) is 0 Å². The number of hydrogen-bond acceptors (Lipinski definition) is 5. The molecule has 2 aromatic heterocycles. The average molecular weight is 499 g/mol. The van der Waals surface area contributed by atoms with Gasteiger partial charge in [0.25, 0.3) is 5.91 Å². The number of amides is 1. The SMILES string of the molecule is Cc1ccc(S(=O)(=O)N2CCN(C(=O)c3cc4c(C)nn(-c5ccc(F)cc5)c4s3)CC2)cc1. The van der Waals surface area contributed by atoms with Crippen LogP contribution in [0.15, 0.2) is 59.5 Å². The van der Waals surface area contributed by atoms with Crippen LogP contribution in [-0.4, -0.2) is 59.5 Å². The fourth-order valence-corrected chi connectivity index (χ4v) is 6.63. The van der Waals surface area contributed by atoms with E-state index in [-0.39, 0.29) is 29.7 Å². The van der Waals surface area contributed by atoms with E-state index in [0.29, 0.717) is 18.0 Å². The fourth-order valence-electron chi connectivity index (χ4n) is 4.06. The Kier molecular flexibility index (Phi) is 5.75. The van der Waals surface area contributed by atoms with Gasteiger partial charge in [-0.3, -0.25) is 4.79 Å². The summed E-state index contributed by atoms with van der Waals surface area (Å²) in [4.78, 5) is 16.6. The molecule has 0 bridgehead atoms. The molecule has 176 valence electrons. The van der Waals surface area contributed by atoms with Gasteiger partial charge in [0.05, 0.1) is 21.2 Å². The predicted molar refractivity (Wildman–Crippen MR) is 129 cm³/mol. The number of sulfonamides is 1. The first-order valence-corrected chi connectivity index (χ1v) is 13.1. The van der Waals surface area contributed by atoms with Gasteiger partial charge in [-0.1, -0.05) is 17.7 Å². The molecule has 1 aliphatic heterocycles. The normalized spacial score (nSPS) is 15.2. The minimum atomic E-state index is -3.59. The number of thiophene rings is 1. The number of aryl methyl sites for hydroxylation is 2. The van der Waals surface area contributed by atoms with Crippen molar-refractivity contribution in [3.63, 3.8) is 0 Å². The molecule has 0 atom stereocenters. The fraction of sp³-hybridized carbons (Fsp3) is 0.250. The first-order valence-electron chi connectivity index (χ1n) is 10.9. The molecule has 5 rings (SSSR count). The Labute approximate surface area is 201 Å². The molecular formula is C24H23FN4O3S2. The van der Waals surface area contributed by atoms with Crippen LogP contribution in [0.5, 0.6) is 0 Å². The monoisotopic (exact) mass is 498 g/mol. The summed E-state index contributed by atoms with van der Waals surface area (Å²) in [6, 6.07) is 14.7. The van der Waals surface area contributed by atoms with Gasteiger partial charge >= 0.3 is 0 Å².